The fourth-order valence-corrected chi connectivity index (χ4v) is 0. The van der Waals surface area contributed by atoms with Crippen molar-refractivity contribution in [1.82, 2.24) is 0 Å². The van der Waals surface area contributed by atoms with Crippen LogP contribution in [0.15, 0.2) is 0 Å². The summed E-state index contributed by atoms with van der Waals surface area (Å²) in [7, 11) is 0. The van der Waals surface area contributed by atoms with Crippen LogP contribution in [0.1, 0.15) is 0 Å². The van der Waals surface area contributed by atoms with Crippen LogP contribution in [0.2, 0.25) is 0 Å². The fourth-order valence-electron chi connectivity index (χ4n) is 0. The molecule has 25 valence electrons. The molecule has 0 N–H and O–H groups in total. The molecular formula is OPtSbSn. The van der Waals surface area contributed by atoms with Crippen LogP contribution in [0.4, 0.5) is 0 Å². The van der Waals surface area contributed by atoms with Crippen molar-refractivity contribution < 1.29 is 23.2 Å². The Morgan fingerprint density at radius 3 is 1.25 bits per heavy atom. The normalized spacial score (nSPS) is 1.50. The van der Waals surface area contributed by atoms with E-state index in [1.807, 2.05) is 0 Å². The molecule has 4 heteroatoms. The summed E-state index contributed by atoms with van der Waals surface area (Å²) in [6, 6.07) is 0. The van der Waals surface area contributed by atoms with Gasteiger partial charge in [0.25, 0.3) is 0 Å². The van der Waals surface area contributed by atoms with E-state index in [4.69, 9.17) is 3.40 Å². The molecule has 0 fully saturated rings. The molecule has 0 aromatic heterocycles. The second-order valence-electron chi connectivity index (χ2n) is 0. The molecular weight excluding hydrogens is 452 g/mol. The van der Waals surface area contributed by atoms with Crippen molar-refractivity contribution in [3.8, 4) is 0 Å². The third-order valence-electron chi connectivity index (χ3n) is 0. The molecule has 0 aliphatic carbocycles. The van der Waals surface area contributed by atoms with Crippen LogP contribution < -0.4 is 0 Å². The van der Waals surface area contributed by atoms with Crippen molar-refractivity contribution in [3.05, 3.63) is 0 Å². The van der Waals surface area contributed by atoms with Gasteiger partial charge in [-0.3, -0.25) is 0 Å². The third kappa shape index (κ3) is 8.93. The second-order valence-corrected chi connectivity index (χ2v) is 0. The minimum atomic E-state index is 0. The van der Waals surface area contributed by atoms with Gasteiger partial charge in [-0.1, -0.05) is 0 Å². The van der Waals surface area contributed by atoms with E-state index in [1.165, 1.54) is 0 Å². The van der Waals surface area contributed by atoms with Crippen molar-refractivity contribution in [3.63, 3.8) is 0 Å². The third-order valence-corrected chi connectivity index (χ3v) is 0. The summed E-state index contributed by atoms with van der Waals surface area (Å²) in [4.78, 5) is 0. The minimum absolute atomic E-state index is 0. The van der Waals surface area contributed by atoms with Crippen molar-refractivity contribution in [2.45, 2.75) is 0 Å². The van der Waals surface area contributed by atoms with Crippen molar-refractivity contribution in [1.29, 1.82) is 0 Å². The maximum atomic E-state index is 8.22. The van der Waals surface area contributed by atoms with Crippen LogP contribution >= 0.6 is 0 Å². The maximum Gasteiger partial charge on any atom is 0 e. The topological polar surface area (TPSA) is 17.1 Å². The molecule has 0 heterocycles. The molecule has 0 bridgehead atoms. The van der Waals surface area contributed by atoms with Crippen molar-refractivity contribution >= 4 is 48.3 Å². The Bertz CT molecular complexity index is 8.00. The van der Waals surface area contributed by atoms with Crippen molar-refractivity contribution in [2.24, 2.45) is 0 Å². The number of hydrogen-bond acceptors (Lipinski definition) is 1. The van der Waals surface area contributed by atoms with E-state index in [2.05, 4.69) is 0 Å². The first-order chi connectivity index (χ1) is 1.00. The predicted molar refractivity (Wildman–Crippen MR) is 12.2 cm³/mol. The Kier molecular flexibility index (Phi) is 80.1. The molecule has 1 nitrogen and oxygen atoms in total. The number of hydrogen-bond donors (Lipinski definition) is 0. The second kappa shape index (κ2) is 19.4. The van der Waals surface area contributed by atoms with Crippen LogP contribution in [0, 0.1) is 0 Å². The first-order valence-corrected chi connectivity index (χ1v) is 1.06. The van der Waals surface area contributed by atoms with Crippen LogP contribution in [0.25, 0.3) is 0 Å². The Labute approximate surface area is 70.5 Å². The smallest absolute Gasteiger partial charge is 0 e. The summed E-state index contributed by atoms with van der Waals surface area (Å²) >= 11 is 0.889. The van der Waals surface area contributed by atoms with Gasteiger partial charge in [-0.2, -0.15) is 0 Å². The Hall–Kier alpha value is 2.11. The van der Waals surface area contributed by atoms with E-state index in [0.717, 1.165) is 19.8 Å². The Balaban J connectivity index is -0.00000000500. The van der Waals surface area contributed by atoms with Crippen LogP contribution in [-0.2, 0) is 23.2 Å². The quantitative estimate of drug-likeness (QED) is 0.437. The zero-order valence-electron chi connectivity index (χ0n) is 1.67. The molecule has 0 saturated heterocycles. The largest absolute Gasteiger partial charge is 0 e. The van der Waals surface area contributed by atoms with Gasteiger partial charge < -0.3 is 0 Å². The SMILES string of the molecule is [O]=[Pt].[Sb].[Sn]. The molecule has 7 radical (unpaired) electrons. The first-order valence-electron chi connectivity index (χ1n) is 0.129. The van der Waals surface area contributed by atoms with E-state index in [1.54, 1.807) is 0 Å². The van der Waals surface area contributed by atoms with Gasteiger partial charge in [-0.25, -0.2) is 0 Å². The van der Waals surface area contributed by atoms with Gasteiger partial charge >= 0.3 is 23.2 Å². The molecule has 0 rings (SSSR count). The summed E-state index contributed by atoms with van der Waals surface area (Å²) in [6.45, 7) is 0. The van der Waals surface area contributed by atoms with E-state index >= 15 is 0 Å². The van der Waals surface area contributed by atoms with Gasteiger partial charge in [0.05, 0.1) is 0 Å². The summed E-state index contributed by atoms with van der Waals surface area (Å²) in [6.07, 6.45) is 0. The molecule has 4 heavy (non-hydrogen) atoms. The maximum absolute atomic E-state index is 8.22. The summed E-state index contributed by atoms with van der Waals surface area (Å²) in [5.74, 6) is 0. The molecule has 0 aliphatic heterocycles. The van der Waals surface area contributed by atoms with Gasteiger partial charge in [0.15, 0.2) is 0 Å². The fraction of sp³-hybridized carbons (Fsp3) is 0. The summed E-state index contributed by atoms with van der Waals surface area (Å²) < 4.78 is 8.22. The first kappa shape index (κ1) is 16.5. The molecule has 0 aromatic carbocycles. The zero-order valence-corrected chi connectivity index (χ0v) is 9.35. The van der Waals surface area contributed by atoms with E-state index in [-0.39, 0.29) is 48.3 Å². The summed E-state index contributed by atoms with van der Waals surface area (Å²) in [5, 5.41) is 0. The van der Waals surface area contributed by atoms with Crippen LogP contribution in [0.5, 0.6) is 0 Å². The average Bonchev–Trinajstić information content (AvgIpc) is 1.00. The van der Waals surface area contributed by atoms with E-state index < -0.39 is 0 Å². The zero-order chi connectivity index (χ0) is 2.00. The van der Waals surface area contributed by atoms with Gasteiger partial charge in [0.1, 0.15) is 0 Å². The molecule has 0 saturated carbocycles. The van der Waals surface area contributed by atoms with Gasteiger partial charge in [-0.15, -0.1) is 0 Å². The standard InChI is InChI=1S/O.Pt.Sb.Sn. The predicted octanol–water partition coefficient (Wildman–Crippen LogP) is -0.883. The van der Waals surface area contributed by atoms with Gasteiger partial charge in [0.2, 0.25) is 0 Å². The van der Waals surface area contributed by atoms with Gasteiger partial charge in [-0.05, 0) is 0 Å². The van der Waals surface area contributed by atoms with Crippen LogP contribution in [0.3, 0.4) is 0 Å². The molecule has 0 amide bonds. The minimum Gasteiger partial charge on any atom is 0 e. The van der Waals surface area contributed by atoms with E-state index in [0.29, 0.717) is 0 Å². The molecule has 0 unspecified atom stereocenters. The molecule has 0 spiro atoms. The summed E-state index contributed by atoms with van der Waals surface area (Å²) in [5.41, 5.74) is 0. The Morgan fingerprint density at radius 2 is 1.25 bits per heavy atom. The van der Waals surface area contributed by atoms with Gasteiger partial charge in [0, 0.05) is 48.3 Å². The molecule has 0 aromatic rings. The van der Waals surface area contributed by atoms with E-state index in [9.17, 15) is 0 Å². The van der Waals surface area contributed by atoms with Crippen LogP contribution in [-0.4, -0.2) is 48.3 Å². The Morgan fingerprint density at radius 1 is 1.25 bits per heavy atom. The molecule has 0 atom stereocenters. The van der Waals surface area contributed by atoms with Crippen molar-refractivity contribution in [2.75, 3.05) is 0 Å². The molecule has 0 aliphatic rings. The average molecular weight is 452 g/mol. The monoisotopic (exact) mass is 452 g/mol. The number of rotatable bonds is 0.